The average molecular weight is 683 g/mol. The van der Waals surface area contributed by atoms with Gasteiger partial charge in [0.15, 0.2) is 0 Å². The SMILES string of the molecule is c1ccc(PC2CC(CP(c3ccccc3)c3ccccc3)C(P(c3ccccc3)c3ccccc3)CC2Pc2ccccc2)cc1. The molecule has 0 aliphatic heterocycles. The van der Waals surface area contributed by atoms with E-state index < -0.39 is 15.8 Å². The highest BCUT2D eigenvalue weighted by Crippen LogP contribution is 2.56. The molecule has 47 heavy (non-hydrogen) atoms. The van der Waals surface area contributed by atoms with Gasteiger partial charge >= 0.3 is 0 Å². The zero-order valence-corrected chi connectivity index (χ0v) is 30.4. The Kier molecular flexibility index (Phi) is 11.4. The molecule has 0 N–H and O–H groups in total. The van der Waals surface area contributed by atoms with E-state index in [4.69, 9.17) is 0 Å². The zero-order chi connectivity index (χ0) is 31.7. The van der Waals surface area contributed by atoms with Crippen molar-refractivity contribution >= 4 is 64.8 Å². The first kappa shape index (κ1) is 32.6. The minimum absolute atomic E-state index is 0.488. The lowest BCUT2D eigenvalue weighted by molar-refractivity contribution is 0.414. The van der Waals surface area contributed by atoms with E-state index in [-0.39, 0.29) is 0 Å². The molecule has 6 atom stereocenters. The van der Waals surface area contributed by atoms with E-state index in [2.05, 4.69) is 182 Å². The van der Waals surface area contributed by atoms with E-state index in [1.54, 1.807) is 0 Å². The monoisotopic (exact) mass is 682 g/mol. The van der Waals surface area contributed by atoms with Crippen LogP contribution in [-0.4, -0.2) is 23.1 Å². The van der Waals surface area contributed by atoms with Gasteiger partial charge in [-0.05, 0) is 89.6 Å². The van der Waals surface area contributed by atoms with Crippen molar-refractivity contribution in [1.29, 1.82) is 0 Å². The predicted octanol–water partition coefficient (Wildman–Crippen LogP) is 8.78. The average Bonchev–Trinajstić information content (AvgIpc) is 3.14. The van der Waals surface area contributed by atoms with E-state index in [1.807, 2.05) is 0 Å². The molecule has 0 aromatic heterocycles. The largest absolute Gasteiger partial charge is 0.0866 e. The van der Waals surface area contributed by atoms with Crippen molar-refractivity contribution in [3.05, 3.63) is 182 Å². The van der Waals surface area contributed by atoms with E-state index in [9.17, 15) is 0 Å². The van der Waals surface area contributed by atoms with Crippen LogP contribution in [0.1, 0.15) is 12.8 Å². The molecule has 1 aliphatic rings. The normalized spacial score (nSPS) is 20.0. The minimum Gasteiger partial charge on any atom is -0.0866 e. The molecule has 6 aromatic carbocycles. The lowest BCUT2D eigenvalue weighted by Gasteiger charge is -2.46. The summed E-state index contributed by atoms with van der Waals surface area (Å²) < 4.78 is 0. The fourth-order valence-corrected chi connectivity index (χ4v) is 16.9. The highest BCUT2D eigenvalue weighted by atomic mass is 31.1. The Morgan fingerprint density at radius 2 is 0.745 bits per heavy atom. The molecule has 7 rings (SSSR count). The number of benzene rings is 6. The molecule has 0 saturated heterocycles. The predicted molar refractivity (Wildman–Crippen MR) is 216 cm³/mol. The van der Waals surface area contributed by atoms with Gasteiger partial charge in [0.1, 0.15) is 0 Å². The van der Waals surface area contributed by atoms with Crippen molar-refractivity contribution in [3.8, 4) is 0 Å². The van der Waals surface area contributed by atoms with Gasteiger partial charge in [-0.3, -0.25) is 0 Å². The van der Waals surface area contributed by atoms with Gasteiger partial charge in [0.25, 0.3) is 0 Å². The third-order valence-electron chi connectivity index (χ3n) is 9.29. The topological polar surface area (TPSA) is 0 Å². The Labute approximate surface area is 287 Å². The first-order chi connectivity index (χ1) is 23.3. The Balaban J connectivity index is 1.33. The number of hydrogen-bond donors (Lipinski definition) is 0. The summed E-state index contributed by atoms with van der Waals surface area (Å²) >= 11 is 0. The van der Waals surface area contributed by atoms with Crippen molar-refractivity contribution in [3.63, 3.8) is 0 Å². The molecule has 1 saturated carbocycles. The van der Waals surface area contributed by atoms with E-state index >= 15 is 0 Å². The molecule has 0 bridgehead atoms. The molecule has 0 amide bonds. The lowest BCUT2D eigenvalue weighted by Crippen LogP contribution is -2.43. The van der Waals surface area contributed by atoms with Crippen LogP contribution in [0, 0.1) is 5.92 Å². The van der Waals surface area contributed by atoms with Gasteiger partial charge in [-0.1, -0.05) is 199 Å². The summed E-state index contributed by atoms with van der Waals surface area (Å²) in [4.78, 5) is 0. The van der Waals surface area contributed by atoms with E-state index in [0.717, 1.165) is 17.2 Å². The maximum atomic E-state index is 2.42. The number of hydrogen-bond acceptors (Lipinski definition) is 0. The standard InChI is InChI=1S/C43H42P4/c1-7-19-35(20-8-1)44-41-31-34(33-46(37-23-11-3-12-24-37)38-25-13-4-14-26-38)43(32-42(41)45-36-21-9-2-10-22-36)47(39-27-15-5-16-28-39)40-29-17-6-18-30-40/h1-30,34,41-45H,31-33H2. The van der Waals surface area contributed by atoms with E-state index in [0.29, 0.717) is 22.9 Å². The summed E-state index contributed by atoms with van der Waals surface area (Å²) in [5.74, 6) is 0.631. The fourth-order valence-electron chi connectivity index (χ4n) is 7.11. The van der Waals surface area contributed by atoms with Crippen LogP contribution < -0.4 is 31.8 Å². The van der Waals surface area contributed by atoms with Crippen LogP contribution in [0.25, 0.3) is 0 Å². The van der Waals surface area contributed by atoms with Crippen LogP contribution in [-0.2, 0) is 0 Å². The van der Waals surface area contributed by atoms with Gasteiger partial charge in [0.05, 0.1) is 0 Å². The second-order valence-electron chi connectivity index (χ2n) is 12.4. The van der Waals surface area contributed by atoms with Crippen LogP contribution in [0.5, 0.6) is 0 Å². The Morgan fingerprint density at radius 3 is 1.15 bits per heavy atom. The van der Waals surface area contributed by atoms with Crippen molar-refractivity contribution in [1.82, 2.24) is 0 Å². The van der Waals surface area contributed by atoms with Crippen molar-refractivity contribution in [2.24, 2.45) is 5.92 Å². The summed E-state index contributed by atoms with van der Waals surface area (Å²) in [6.45, 7) is 0. The first-order valence-corrected chi connectivity index (χ1v) is 21.8. The third kappa shape index (κ3) is 8.37. The number of rotatable bonds is 11. The smallest absolute Gasteiger partial charge is 0.00904 e. The molecular formula is C43H42P4. The second kappa shape index (κ2) is 16.4. The van der Waals surface area contributed by atoms with Gasteiger partial charge in [-0.15, -0.1) is 0 Å². The van der Waals surface area contributed by atoms with E-state index in [1.165, 1.54) is 50.8 Å². The van der Waals surface area contributed by atoms with Crippen LogP contribution >= 0.6 is 33.0 Å². The molecule has 0 heterocycles. The maximum absolute atomic E-state index is 2.42. The summed E-state index contributed by atoms with van der Waals surface area (Å²) in [5, 5.41) is 9.09. The fraction of sp³-hybridized carbons (Fsp3) is 0.163. The van der Waals surface area contributed by atoms with Gasteiger partial charge in [0.2, 0.25) is 0 Å². The zero-order valence-electron chi connectivity index (χ0n) is 26.6. The van der Waals surface area contributed by atoms with Crippen LogP contribution in [0.4, 0.5) is 0 Å². The molecule has 0 nitrogen and oxygen atoms in total. The lowest BCUT2D eigenvalue weighted by atomic mass is 9.89. The second-order valence-corrected chi connectivity index (χ2v) is 20.3. The Bertz CT molecular complexity index is 1690. The molecule has 6 aromatic rings. The molecule has 4 heteroatoms. The van der Waals surface area contributed by atoms with Crippen molar-refractivity contribution in [2.75, 3.05) is 6.16 Å². The van der Waals surface area contributed by atoms with Gasteiger partial charge in [0, 0.05) is 0 Å². The Morgan fingerprint density at radius 1 is 0.404 bits per heavy atom. The summed E-state index contributed by atoms with van der Waals surface area (Å²) in [5.41, 5.74) is 1.98. The van der Waals surface area contributed by atoms with Crippen LogP contribution in [0.3, 0.4) is 0 Å². The van der Waals surface area contributed by atoms with Gasteiger partial charge in [-0.25, -0.2) is 0 Å². The van der Waals surface area contributed by atoms with Gasteiger partial charge in [-0.2, -0.15) is 0 Å². The quantitative estimate of drug-likeness (QED) is 0.120. The van der Waals surface area contributed by atoms with Crippen LogP contribution in [0.15, 0.2) is 182 Å². The highest BCUT2D eigenvalue weighted by molar-refractivity contribution is 7.74. The summed E-state index contributed by atoms with van der Waals surface area (Å²) in [7, 11) is 0.646. The van der Waals surface area contributed by atoms with Crippen molar-refractivity contribution in [2.45, 2.75) is 29.8 Å². The summed E-state index contributed by atoms with van der Waals surface area (Å²) in [6.07, 6.45) is 3.81. The highest BCUT2D eigenvalue weighted by Gasteiger charge is 2.42. The summed E-state index contributed by atoms with van der Waals surface area (Å²) in [6, 6.07) is 68.6. The molecule has 6 unspecified atom stereocenters. The Hall–Kier alpha value is -2.96. The maximum Gasteiger partial charge on any atom is -0.00904 e. The minimum atomic E-state index is -0.538. The molecule has 1 aliphatic carbocycles. The van der Waals surface area contributed by atoms with Gasteiger partial charge < -0.3 is 0 Å². The van der Waals surface area contributed by atoms with Crippen LogP contribution in [0.2, 0.25) is 0 Å². The third-order valence-corrected chi connectivity index (χ3v) is 18.7. The molecule has 0 spiro atoms. The molecule has 0 radical (unpaired) electrons. The molecule has 234 valence electrons. The van der Waals surface area contributed by atoms with Crippen molar-refractivity contribution < 1.29 is 0 Å². The molecular weight excluding hydrogens is 640 g/mol. The first-order valence-electron chi connectivity index (χ1n) is 16.7. The molecule has 1 fully saturated rings.